The zero-order valence-corrected chi connectivity index (χ0v) is 9.33. The molecule has 0 radical (unpaired) electrons. The van der Waals surface area contributed by atoms with E-state index in [4.69, 9.17) is 16.3 Å². The molecule has 1 fully saturated rings. The van der Waals surface area contributed by atoms with Gasteiger partial charge in [-0.25, -0.2) is 0 Å². The van der Waals surface area contributed by atoms with Gasteiger partial charge in [0.25, 0.3) is 0 Å². The first-order chi connectivity index (χ1) is 7.25. The summed E-state index contributed by atoms with van der Waals surface area (Å²) in [5.41, 5.74) is 0.542. The maximum Gasteiger partial charge on any atom is 0.316 e. The van der Waals surface area contributed by atoms with E-state index < -0.39 is 5.41 Å². The summed E-state index contributed by atoms with van der Waals surface area (Å²) >= 11 is 5.83. The molecule has 0 amide bonds. The molecule has 0 heterocycles. The predicted molar refractivity (Wildman–Crippen MR) is 59.0 cm³/mol. The largest absolute Gasteiger partial charge is 0.468 e. The van der Waals surface area contributed by atoms with Crippen LogP contribution >= 0.6 is 11.6 Å². The SMILES string of the molecule is COC(=O)[C@]1(c2ccccc2)C[C@@H]1CCl. The summed E-state index contributed by atoms with van der Waals surface area (Å²) < 4.78 is 4.87. The lowest BCUT2D eigenvalue weighted by atomic mass is 9.94. The number of benzene rings is 1. The smallest absolute Gasteiger partial charge is 0.316 e. The van der Waals surface area contributed by atoms with Gasteiger partial charge in [0.05, 0.1) is 12.5 Å². The molecule has 15 heavy (non-hydrogen) atoms. The first kappa shape index (κ1) is 10.5. The Morgan fingerprint density at radius 2 is 2.20 bits per heavy atom. The van der Waals surface area contributed by atoms with E-state index in [2.05, 4.69) is 0 Å². The molecular weight excluding hydrogens is 212 g/mol. The number of methoxy groups -OCH3 is 1. The lowest BCUT2D eigenvalue weighted by Crippen LogP contribution is -2.24. The van der Waals surface area contributed by atoms with Gasteiger partial charge in [0.1, 0.15) is 0 Å². The third kappa shape index (κ3) is 1.53. The van der Waals surface area contributed by atoms with Crippen LogP contribution in [0, 0.1) is 5.92 Å². The van der Waals surface area contributed by atoms with E-state index in [-0.39, 0.29) is 11.9 Å². The Hall–Kier alpha value is -1.02. The number of ether oxygens (including phenoxy) is 1. The first-order valence-electron chi connectivity index (χ1n) is 4.95. The van der Waals surface area contributed by atoms with Crippen LogP contribution < -0.4 is 0 Å². The van der Waals surface area contributed by atoms with Gasteiger partial charge in [0.15, 0.2) is 0 Å². The molecule has 3 heteroatoms. The van der Waals surface area contributed by atoms with E-state index in [1.807, 2.05) is 30.3 Å². The maximum absolute atomic E-state index is 11.8. The number of esters is 1. The molecule has 2 nitrogen and oxygen atoms in total. The number of halogens is 1. The minimum absolute atomic E-state index is 0.167. The molecule has 1 aliphatic rings. The van der Waals surface area contributed by atoms with E-state index in [1.165, 1.54) is 7.11 Å². The van der Waals surface area contributed by atoms with Crippen molar-refractivity contribution in [1.82, 2.24) is 0 Å². The van der Waals surface area contributed by atoms with Gasteiger partial charge < -0.3 is 4.74 Å². The van der Waals surface area contributed by atoms with Gasteiger partial charge in [-0.2, -0.15) is 0 Å². The van der Waals surface area contributed by atoms with Crippen molar-refractivity contribution in [2.45, 2.75) is 11.8 Å². The van der Waals surface area contributed by atoms with Crippen molar-refractivity contribution < 1.29 is 9.53 Å². The normalized spacial score (nSPS) is 28.5. The summed E-state index contributed by atoms with van der Waals surface area (Å²) in [6.07, 6.45) is 0.799. The van der Waals surface area contributed by atoms with Gasteiger partial charge in [0.2, 0.25) is 0 Å². The zero-order valence-electron chi connectivity index (χ0n) is 8.57. The molecule has 1 saturated carbocycles. The molecule has 0 unspecified atom stereocenters. The number of alkyl halides is 1. The van der Waals surface area contributed by atoms with E-state index in [0.717, 1.165) is 12.0 Å². The van der Waals surface area contributed by atoms with Crippen molar-refractivity contribution in [2.24, 2.45) is 5.92 Å². The van der Waals surface area contributed by atoms with E-state index in [1.54, 1.807) is 0 Å². The fraction of sp³-hybridized carbons (Fsp3) is 0.417. The van der Waals surface area contributed by atoms with Gasteiger partial charge in [0, 0.05) is 5.88 Å². The Bertz CT molecular complexity index is 363. The second-order valence-corrected chi connectivity index (χ2v) is 4.19. The Labute approximate surface area is 94.2 Å². The van der Waals surface area contributed by atoms with Crippen LogP contribution in [0.1, 0.15) is 12.0 Å². The van der Waals surface area contributed by atoms with Gasteiger partial charge in [-0.1, -0.05) is 30.3 Å². The monoisotopic (exact) mass is 224 g/mol. The molecule has 1 aromatic rings. The molecule has 0 bridgehead atoms. The van der Waals surface area contributed by atoms with Crippen molar-refractivity contribution >= 4 is 17.6 Å². The number of rotatable bonds is 3. The number of carbonyl (C=O) groups excluding carboxylic acids is 1. The summed E-state index contributed by atoms with van der Waals surface area (Å²) in [5.74, 6) is 0.553. The Morgan fingerprint density at radius 1 is 1.53 bits per heavy atom. The molecule has 1 aliphatic carbocycles. The molecule has 0 aliphatic heterocycles. The highest BCUT2D eigenvalue weighted by Gasteiger charge is 2.61. The van der Waals surface area contributed by atoms with Gasteiger partial charge >= 0.3 is 5.97 Å². The average molecular weight is 225 g/mol. The van der Waals surface area contributed by atoms with E-state index in [0.29, 0.717) is 5.88 Å². The van der Waals surface area contributed by atoms with Crippen LogP contribution in [0.5, 0.6) is 0 Å². The third-order valence-electron chi connectivity index (χ3n) is 3.13. The Kier molecular flexibility index (Phi) is 2.70. The van der Waals surface area contributed by atoms with Crippen molar-refractivity contribution in [1.29, 1.82) is 0 Å². The Balaban J connectivity index is 2.34. The molecule has 1 aromatic carbocycles. The number of hydrogen-bond donors (Lipinski definition) is 0. The summed E-state index contributed by atoms with van der Waals surface area (Å²) in [5, 5.41) is 0. The van der Waals surface area contributed by atoms with Crippen LogP contribution in [0.3, 0.4) is 0 Å². The van der Waals surface area contributed by atoms with Gasteiger partial charge in [-0.15, -0.1) is 11.6 Å². The third-order valence-corrected chi connectivity index (χ3v) is 3.50. The Morgan fingerprint density at radius 3 is 2.67 bits per heavy atom. The molecule has 80 valence electrons. The van der Waals surface area contributed by atoms with E-state index in [9.17, 15) is 4.79 Å². The predicted octanol–water partition coefficient (Wildman–Crippen LogP) is 2.36. The zero-order chi connectivity index (χ0) is 10.9. The van der Waals surface area contributed by atoms with Gasteiger partial charge in [-0.3, -0.25) is 4.79 Å². The van der Waals surface area contributed by atoms with Crippen LogP contribution in [-0.4, -0.2) is 19.0 Å². The van der Waals surface area contributed by atoms with Crippen LogP contribution in [0.25, 0.3) is 0 Å². The fourth-order valence-corrected chi connectivity index (χ4v) is 2.53. The van der Waals surface area contributed by atoms with Crippen LogP contribution in [0.2, 0.25) is 0 Å². The standard InChI is InChI=1S/C12H13ClO2/c1-15-11(14)12(7-10(12)8-13)9-5-3-2-4-6-9/h2-6,10H,7-8H2,1H3/t10-,12+/m1/s1. The average Bonchev–Trinajstić information content (AvgIpc) is 3.05. The highest BCUT2D eigenvalue weighted by atomic mass is 35.5. The van der Waals surface area contributed by atoms with E-state index >= 15 is 0 Å². The molecule has 0 saturated heterocycles. The topological polar surface area (TPSA) is 26.3 Å². The fourth-order valence-electron chi connectivity index (χ4n) is 2.16. The summed E-state index contributed by atoms with van der Waals surface area (Å²) in [6, 6.07) is 9.73. The highest BCUT2D eigenvalue weighted by molar-refractivity contribution is 6.18. The minimum atomic E-state index is -0.474. The van der Waals surface area contributed by atoms with Crippen molar-refractivity contribution in [2.75, 3.05) is 13.0 Å². The highest BCUT2D eigenvalue weighted by Crippen LogP contribution is 2.55. The molecule has 2 rings (SSSR count). The molecule has 0 aromatic heterocycles. The maximum atomic E-state index is 11.8. The lowest BCUT2D eigenvalue weighted by molar-refractivity contribution is -0.144. The first-order valence-corrected chi connectivity index (χ1v) is 5.49. The van der Waals surface area contributed by atoms with Crippen LogP contribution in [0.15, 0.2) is 30.3 Å². The quantitative estimate of drug-likeness (QED) is 0.582. The molecular formula is C12H13ClO2. The number of carbonyl (C=O) groups is 1. The summed E-state index contributed by atoms with van der Waals surface area (Å²) in [7, 11) is 1.43. The lowest BCUT2D eigenvalue weighted by Gasteiger charge is -2.14. The van der Waals surface area contributed by atoms with Crippen molar-refractivity contribution in [3.63, 3.8) is 0 Å². The second-order valence-electron chi connectivity index (χ2n) is 3.88. The molecule has 0 N–H and O–H groups in total. The summed E-state index contributed by atoms with van der Waals surface area (Å²) in [4.78, 5) is 11.8. The van der Waals surface area contributed by atoms with Gasteiger partial charge in [-0.05, 0) is 17.9 Å². The number of hydrogen-bond acceptors (Lipinski definition) is 2. The van der Waals surface area contributed by atoms with Crippen LogP contribution in [0.4, 0.5) is 0 Å². The minimum Gasteiger partial charge on any atom is -0.468 e. The molecule has 0 spiro atoms. The van der Waals surface area contributed by atoms with Crippen molar-refractivity contribution in [3.05, 3.63) is 35.9 Å². The second kappa shape index (κ2) is 3.86. The van der Waals surface area contributed by atoms with Crippen LogP contribution in [-0.2, 0) is 14.9 Å². The molecule has 2 atom stereocenters. The summed E-state index contributed by atoms with van der Waals surface area (Å²) in [6.45, 7) is 0. The van der Waals surface area contributed by atoms with Crippen molar-refractivity contribution in [3.8, 4) is 0 Å².